The third-order valence-corrected chi connectivity index (χ3v) is 4.11. The summed E-state index contributed by atoms with van der Waals surface area (Å²) in [5.74, 6) is -2.26. The van der Waals surface area contributed by atoms with E-state index < -0.39 is 30.6 Å². The highest BCUT2D eigenvalue weighted by Gasteiger charge is 2.37. The Kier molecular flexibility index (Phi) is 6.19. The van der Waals surface area contributed by atoms with Crippen LogP contribution in [0.25, 0.3) is 5.78 Å². The molecule has 0 spiro atoms. The van der Waals surface area contributed by atoms with E-state index in [1.165, 1.54) is 13.8 Å². The first kappa shape index (κ1) is 21.9. The molecule has 2 aromatic heterocycles. The van der Waals surface area contributed by atoms with Crippen molar-refractivity contribution in [2.24, 2.45) is 0 Å². The lowest BCUT2D eigenvalue weighted by Crippen LogP contribution is -2.39. The number of alkyl halides is 6. The molecule has 0 aliphatic heterocycles. The quantitative estimate of drug-likeness (QED) is 0.683. The Morgan fingerprint density at radius 1 is 1.11 bits per heavy atom. The van der Waals surface area contributed by atoms with Crippen LogP contribution in [0.15, 0.2) is 0 Å². The normalized spacial score (nSPS) is 12.6. The van der Waals surface area contributed by atoms with Crippen molar-refractivity contribution in [2.45, 2.75) is 52.4 Å². The predicted molar refractivity (Wildman–Crippen MR) is 86.5 cm³/mol. The second-order valence-electron chi connectivity index (χ2n) is 6.34. The van der Waals surface area contributed by atoms with E-state index in [1.54, 1.807) is 6.92 Å². The van der Waals surface area contributed by atoms with Gasteiger partial charge in [0.2, 0.25) is 5.91 Å². The van der Waals surface area contributed by atoms with Crippen LogP contribution in [0.4, 0.5) is 26.3 Å². The Hall–Kier alpha value is -2.40. The van der Waals surface area contributed by atoms with Crippen LogP contribution in [0.1, 0.15) is 42.5 Å². The number of aryl methyl sites for hydroxylation is 2. The number of carbonyl (C=O) groups is 1. The van der Waals surface area contributed by atoms with Gasteiger partial charge >= 0.3 is 12.4 Å². The third-order valence-electron chi connectivity index (χ3n) is 4.11. The number of aromatic nitrogens is 4. The van der Waals surface area contributed by atoms with Gasteiger partial charge in [-0.15, -0.1) is 5.10 Å². The number of fused-ring (bicyclic) bond motifs is 1. The van der Waals surface area contributed by atoms with E-state index in [9.17, 15) is 31.1 Å². The maximum Gasteiger partial charge on any atom is 0.453 e. The highest BCUT2D eigenvalue weighted by Crippen LogP contribution is 2.27. The van der Waals surface area contributed by atoms with Gasteiger partial charge in [-0.2, -0.15) is 31.3 Å². The SMILES string of the molecule is CCCN(CC(F)(F)F)C(=O)CCc1c(C)nc2nc(C(F)(F)F)nn2c1C. The van der Waals surface area contributed by atoms with Gasteiger partial charge < -0.3 is 4.90 Å². The van der Waals surface area contributed by atoms with Crippen molar-refractivity contribution in [3.63, 3.8) is 0 Å². The fourth-order valence-electron chi connectivity index (χ4n) is 2.86. The van der Waals surface area contributed by atoms with Crippen molar-refractivity contribution in [2.75, 3.05) is 13.1 Å². The molecule has 0 saturated carbocycles. The van der Waals surface area contributed by atoms with Crippen LogP contribution in [0.2, 0.25) is 0 Å². The second kappa shape index (κ2) is 7.92. The first-order chi connectivity index (χ1) is 12.8. The maximum atomic E-state index is 12.8. The van der Waals surface area contributed by atoms with Crippen molar-refractivity contribution >= 4 is 11.7 Å². The highest BCUT2D eigenvalue weighted by atomic mass is 19.4. The molecule has 12 heteroatoms. The molecular formula is C16H19F6N5O. The molecule has 0 aromatic carbocycles. The second-order valence-corrected chi connectivity index (χ2v) is 6.34. The number of amides is 1. The van der Waals surface area contributed by atoms with Gasteiger partial charge in [0.25, 0.3) is 11.6 Å². The number of carbonyl (C=O) groups excluding carboxylic acids is 1. The summed E-state index contributed by atoms with van der Waals surface area (Å²) >= 11 is 0. The summed E-state index contributed by atoms with van der Waals surface area (Å²) in [6, 6.07) is 0. The van der Waals surface area contributed by atoms with Crippen molar-refractivity contribution in [3.05, 3.63) is 22.8 Å². The summed E-state index contributed by atoms with van der Waals surface area (Å²) in [5, 5.41) is 3.40. The molecule has 0 radical (unpaired) electrons. The summed E-state index contributed by atoms with van der Waals surface area (Å²) in [5.41, 5.74) is 1.09. The molecule has 0 atom stereocenters. The molecule has 28 heavy (non-hydrogen) atoms. The van der Waals surface area contributed by atoms with Crippen LogP contribution < -0.4 is 0 Å². The van der Waals surface area contributed by atoms with Crippen LogP contribution in [0, 0.1) is 13.8 Å². The van der Waals surface area contributed by atoms with Crippen LogP contribution in [0.5, 0.6) is 0 Å². The molecule has 0 aliphatic carbocycles. The fourth-order valence-corrected chi connectivity index (χ4v) is 2.86. The fraction of sp³-hybridized carbons (Fsp3) is 0.625. The summed E-state index contributed by atoms with van der Waals surface area (Å²) < 4.78 is 77.2. The molecule has 1 amide bonds. The molecule has 2 heterocycles. The minimum atomic E-state index is -4.73. The van der Waals surface area contributed by atoms with Gasteiger partial charge in [0, 0.05) is 24.4 Å². The average Bonchev–Trinajstić information content (AvgIpc) is 2.97. The van der Waals surface area contributed by atoms with Crippen molar-refractivity contribution < 1.29 is 31.1 Å². The first-order valence-corrected chi connectivity index (χ1v) is 8.48. The van der Waals surface area contributed by atoms with Crippen molar-refractivity contribution in [1.82, 2.24) is 24.5 Å². The van der Waals surface area contributed by atoms with E-state index in [-0.39, 0.29) is 25.2 Å². The van der Waals surface area contributed by atoms with Gasteiger partial charge in [0.1, 0.15) is 6.54 Å². The Morgan fingerprint density at radius 2 is 1.75 bits per heavy atom. The zero-order chi connectivity index (χ0) is 21.3. The van der Waals surface area contributed by atoms with Gasteiger partial charge in [-0.1, -0.05) is 6.92 Å². The number of halogens is 6. The Bertz CT molecular complexity index is 858. The number of nitrogens with zero attached hydrogens (tertiary/aromatic N) is 5. The lowest BCUT2D eigenvalue weighted by atomic mass is 10.1. The van der Waals surface area contributed by atoms with E-state index in [1.807, 2.05) is 0 Å². The summed E-state index contributed by atoms with van der Waals surface area (Å²) in [7, 11) is 0. The van der Waals surface area contributed by atoms with Crippen molar-refractivity contribution in [1.29, 1.82) is 0 Å². The molecule has 0 N–H and O–H groups in total. The van der Waals surface area contributed by atoms with Gasteiger partial charge in [-0.05, 0) is 32.3 Å². The van der Waals surface area contributed by atoms with Gasteiger partial charge in [0.15, 0.2) is 0 Å². The molecule has 0 unspecified atom stereocenters. The number of rotatable bonds is 6. The predicted octanol–water partition coefficient (Wildman–Crippen LogP) is 3.49. The van der Waals surface area contributed by atoms with E-state index >= 15 is 0 Å². The topological polar surface area (TPSA) is 63.4 Å². The smallest absolute Gasteiger partial charge is 0.334 e. The monoisotopic (exact) mass is 411 g/mol. The Balaban J connectivity index is 2.24. The Labute approximate surface area is 156 Å². The highest BCUT2D eigenvalue weighted by molar-refractivity contribution is 5.76. The minimum absolute atomic E-state index is 0.0265. The van der Waals surface area contributed by atoms with Crippen LogP contribution >= 0.6 is 0 Å². The first-order valence-electron chi connectivity index (χ1n) is 8.48. The summed E-state index contributed by atoms with van der Waals surface area (Å²) in [4.78, 5) is 20.3. The van der Waals surface area contributed by atoms with E-state index in [2.05, 4.69) is 15.1 Å². The molecule has 2 rings (SSSR count). The minimum Gasteiger partial charge on any atom is -0.334 e. The molecule has 2 aromatic rings. The summed E-state index contributed by atoms with van der Waals surface area (Å²) in [6.45, 7) is 3.31. The zero-order valence-corrected chi connectivity index (χ0v) is 15.4. The molecule has 6 nitrogen and oxygen atoms in total. The molecule has 0 aliphatic rings. The van der Waals surface area contributed by atoms with E-state index in [0.717, 1.165) is 9.42 Å². The largest absolute Gasteiger partial charge is 0.453 e. The molecule has 156 valence electrons. The lowest BCUT2D eigenvalue weighted by molar-refractivity contribution is -0.161. The number of hydrogen-bond acceptors (Lipinski definition) is 4. The van der Waals surface area contributed by atoms with E-state index in [4.69, 9.17) is 0 Å². The third kappa shape index (κ3) is 5.10. The van der Waals surface area contributed by atoms with Crippen LogP contribution in [-0.2, 0) is 17.4 Å². The number of hydrogen-bond donors (Lipinski definition) is 0. The van der Waals surface area contributed by atoms with Crippen LogP contribution in [0.3, 0.4) is 0 Å². The molecule has 0 bridgehead atoms. The van der Waals surface area contributed by atoms with Gasteiger partial charge in [-0.25, -0.2) is 9.50 Å². The summed E-state index contributed by atoms with van der Waals surface area (Å²) in [6.07, 6.45) is -9.08. The maximum absolute atomic E-state index is 12.8. The standard InChI is InChI=1S/C16H19F6N5O/c1-4-7-26(8-15(17,18)19)12(28)6-5-11-9(2)23-14-24-13(16(20,21)22)25-27(14)10(11)3/h4-8H2,1-3H3. The molecule has 0 saturated heterocycles. The van der Waals surface area contributed by atoms with Gasteiger partial charge in [-0.3, -0.25) is 4.79 Å². The van der Waals surface area contributed by atoms with E-state index in [0.29, 0.717) is 23.4 Å². The average molecular weight is 411 g/mol. The van der Waals surface area contributed by atoms with Gasteiger partial charge in [0.05, 0.1) is 0 Å². The lowest BCUT2D eigenvalue weighted by Gasteiger charge is -2.23. The molecule has 0 fully saturated rings. The Morgan fingerprint density at radius 3 is 2.29 bits per heavy atom. The van der Waals surface area contributed by atoms with Crippen LogP contribution in [-0.4, -0.2) is 49.7 Å². The molecular weight excluding hydrogens is 392 g/mol. The zero-order valence-electron chi connectivity index (χ0n) is 15.4. The van der Waals surface area contributed by atoms with Crippen molar-refractivity contribution in [3.8, 4) is 0 Å².